The third-order valence-electron chi connectivity index (χ3n) is 14.1. The van der Waals surface area contributed by atoms with Gasteiger partial charge in [0.2, 0.25) is 5.91 Å². The first-order valence-electron chi connectivity index (χ1n) is 18.7. The number of hydrogen-bond acceptors (Lipinski definition) is 8. The number of hydrogen-bond donors (Lipinski definition) is 0. The molecule has 6 saturated carbocycles. The van der Waals surface area contributed by atoms with Crippen LogP contribution in [-0.4, -0.2) is 53.9 Å². The molecule has 9 rings (SSSR count). The Hall–Kier alpha value is -1.05. The predicted octanol–water partition coefficient (Wildman–Crippen LogP) is 7.84. The molecule has 1 saturated heterocycles. The number of halogens is 3. The van der Waals surface area contributed by atoms with Gasteiger partial charge in [-0.15, -0.1) is 0 Å². The molecule has 0 spiro atoms. The summed E-state index contributed by atoms with van der Waals surface area (Å²) in [7, 11) is -4.81. The Bertz CT molecular complexity index is 1950. The van der Waals surface area contributed by atoms with Crippen molar-refractivity contribution in [3.63, 3.8) is 0 Å². The van der Waals surface area contributed by atoms with Gasteiger partial charge in [-0.1, -0.05) is 12.8 Å². The van der Waals surface area contributed by atoms with Gasteiger partial charge in [-0.25, -0.2) is 13.2 Å². The van der Waals surface area contributed by atoms with Crippen LogP contribution in [0.3, 0.4) is 0 Å². The normalized spacial score (nSPS) is 36.8. The van der Waals surface area contributed by atoms with Crippen LogP contribution in [0.25, 0.3) is 0 Å². The fourth-order valence-electron chi connectivity index (χ4n) is 12.3. The monoisotopic (exact) mass is 1060 g/mol. The molecule has 1 heterocycles. The van der Waals surface area contributed by atoms with Gasteiger partial charge in [-0.2, -0.15) is 0 Å². The van der Waals surface area contributed by atoms with Gasteiger partial charge in [0.05, 0.1) is 28.3 Å². The van der Waals surface area contributed by atoms with Crippen molar-refractivity contribution in [3.05, 3.63) is 51.7 Å². The van der Waals surface area contributed by atoms with Gasteiger partial charge < -0.3 is 18.9 Å². The zero-order valence-corrected chi connectivity index (χ0v) is 36.2. The second-order valence-electron chi connectivity index (χ2n) is 16.9. The summed E-state index contributed by atoms with van der Waals surface area (Å²) in [6.07, 6.45) is 7.87. The van der Waals surface area contributed by atoms with Crippen LogP contribution in [0.1, 0.15) is 105 Å². The molecule has 12 atom stereocenters. The highest BCUT2D eigenvalue weighted by Gasteiger charge is 2.71. The highest BCUT2D eigenvalue weighted by molar-refractivity contribution is 14.1. The van der Waals surface area contributed by atoms with E-state index < -0.39 is 45.9 Å². The van der Waals surface area contributed by atoms with Crippen molar-refractivity contribution in [1.82, 2.24) is 4.90 Å². The number of carbonyl (C=O) groups excluding carboxylic acids is 3. The van der Waals surface area contributed by atoms with Gasteiger partial charge >= 0.3 is 11.9 Å². The maximum absolute atomic E-state index is 14.5. The smallest absolute Gasteiger partial charge is 0.339 e. The summed E-state index contributed by atoms with van der Waals surface area (Å²) in [5.41, 5.74) is 1.51. The summed E-state index contributed by atoms with van der Waals surface area (Å²) in [4.78, 5) is 44.2. The molecule has 1 aliphatic heterocycles. The number of rotatable bonds is 8. The minimum Gasteiger partial charge on any atom is -0.744 e. The van der Waals surface area contributed by atoms with Crippen molar-refractivity contribution in [2.75, 3.05) is 0 Å². The largest absolute Gasteiger partial charge is 0.744 e. The fraction of sp³-hybridized carbons (Fsp3) is 0.615. The summed E-state index contributed by atoms with van der Waals surface area (Å²) in [6, 6.07) is 6.67. The Labute approximate surface area is 345 Å². The number of esters is 2. The highest BCUT2D eigenvalue weighted by atomic mass is 127. The Balaban J connectivity index is 1.08. The molecule has 278 valence electrons. The third-order valence-corrected chi connectivity index (χ3v) is 18.7. The SMILES string of the molecule is CC(C)N1C(=O)C2C3CC(C(OC(=O)c4cc(I)cc(I)c4I)C31)C2C(=O)Oc1cc(C2CC3CCC2C3)c(S(=O)(=O)[O-])c(C2CC3CCC2C3)c1. The second kappa shape index (κ2) is 13.3. The third kappa shape index (κ3) is 5.83. The van der Waals surface area contributed by atoms with E-state index in [9.17, 15) is 27.4 Å². The van der Waals surface area contributed by atoms with Crippen LogP contribution in [0.2, 0.25) is 0 Å². The highest BCUT2D eigenvalue weighted by Crippen LogP contribution is 2.61. The standard InChI is InChI=1S/C39H42I3NO8S/c1-16(2)43-34-27-15-28(35(34)51-38(45)29-11-21(40)12-30(41)33(29)42)32(31(27)37(43)44)39(46)50-22-13-25(23-9-17-3-5-19(23)7-17)36(52(47,48)49)26(14-22)24-10-18-4-6-20(24)8-18/h11-14,16-20,23-24,27-28,31-32,34-35H,3-10,15H2,1-2H3,(H,47,48,49)/p-1. The molecule has 7 fully saturated rings. The van der Waals surface area contributed by atoms with Crippen LogP contribution in [0.15, 0.2) is 29.2 Å². The molecule has 13 heteroatoms. The molecular weight excluding hydrogens is 1020 g/mol. The van der Waals surface area contributed by atoms with E-state index in [2.05, 4.69) is 67.8 Å². The molecule has 52 heavy (non-hydrogen) atoms. The van der Waals surface area contributed by atoms with E-state index in [0.29, 0.717) is 46.8 Å². The Morgan fingerprint density at radius 2 is 1.48 bits per heavy atom. The Morgan fingerprint density at radius 3 is 2.00 bits per heavy atom. The molecule has 9 nitrogen and oxygen atoms in total. The molecule has 2 aromatic rings. The molecule has 7 aliphatic rings. The Kier molecular flexibility index (Phi) is 9.34. The van der Waals surface area contributed by atoms with Gasteiger partial charge in [0, 0.05) is 22.7 Å². The van der Waals surface area contributed by atoms with Crippen molar-refractivity contribution >= 4 is 95.7 Å². The topological polar surface area (TPSA) is 130 Å². The van der Waals surface area contributed by atoms with Gasteiger partial charge in [-0.05, 0) is 203 Å². The van der Waals surface area contributed by atoms with E-state index >= 15 is 0 Å². The van der Waals surface area contributed by atoms with Gasteiger partial charge in [-0.3, -0.25) is 9.59 Å². The summed E-state index contributed by atoms with van der Waals surface area (Å²) < 4.78 is 54.8. The molecule has 1 amide bonds. The lowest BCUT2D eigenvalue weighted by molar-refractivity contribution is -0.147. The molecule has 0 N–H and O–H groups in total. The first-order chi connectivity index (χ1) is 24.7. The van der Waals surface area contributed by atoms with E-state index in [1.54, 1.807) is 12.1 Å². The van der Waals surface area contributed by atoms with Crippen LogP contribution in [0.5, 0.6) is 5.75 Å². The van der Waals surface area contributed by atoms with E-state index in [-0.39, 0.29) is 46.4 Å². The molecule has 6 bridgehead atoms. The number of benzene rings is 2. The minimum absolute atomic E-state index is 0.0663. The van der Waals surface area contributed by atoms with Crippen molar-refractivity contribution in [3.8, 4) is 5.75 Å². The van der Waals surface area contributed by atoms with Crippen LogP contribution in [-0.2, 0) is 24.4 Å². The van der Waals surface area contributed by atoms with Crippen molar-refractivity contribution < 1.29 is 36.8 Å². The summed E-state index contributed by atoms with van der Waals surface area (Å²) in [5.74, 6) is -1.30. The summed E-state index contributed by atoms with van der Waals surface area (Å²) >= 11 is 6.55. The quantitative estimate of drug-likeness (QED) is 0.0861. The van der Waals surface area contributed by atoms with Gasteiger partial charge in [0.25, 0.3) is 0 Å². The first kappa shape index (κ1) is 36.6. The number of carbonyl (C=O) groups is 3. The molecule has 12 unspecified atom stereocenters. The number of ether oxygens (including phenoxy) is 2. The van der Waals surface area contributed by atoms with Gasteiger partial charge in [0.15, 0.2) is 0 Å². The van der Waals surface area contributed by atoms with E-state index in [4.69, 9.17) is 9.47 Å². The summed E-state index contributed by atoms with van der Waals surface area (Å²) in [5, 5.41) is 0. The fourth-order valence-corrected chi connectivity index (χ4v) is 15.7. The lowest BCUT2D eigenvalue weighted by atomic mass is 9.78. The molecule has 6 aliphatic carbocycles. The lowest BCUT2D eigenvalue weighted by Gasteiger charge is -2.35. The molecule has 2 aromatic carbocycles. The number of amides is 1. The zero-order valence-electron chi connectivity index (χ0n) is 28.9. The number of fused-ring (bicyclic) bond motifs is 5. The zero-order chi connectivity index (χ0) is 36.5. The second-order valence-corrected chi connectivity index (χ2v) is 21.7. The van der Waals surface area contributed by atoms with Gasteiger partial charge in [0.1, 0.15) is 22.0 Å². The van der Waals surface area contributed by atoms with E-state index in [1.807, 2.05) is 30.9 Å². The molecule has 0 aromatic heterocycles. The van der Waals surface area contributed by atoms with Crippen molar-refractivity contribution in [2.45, 2.75) is 107 Å². The Morgan fingerprint density at radius 1 is 0.865 bits per heavy atom. The van der Waals surface area contributed by atoms with Crippen molar-refractivity contribution in [2.24, 2.45) is 47.3 Å². The van der Waals surface area contributed by atoms with E-state index in [1.165, 1.54) is 0 Å². The van der Waals surface area contributed by atoms with Crippen LogP contribution in [0, 0.1) is 58.1 Å². The molecule has 0 radical (unpaired) electrons. The first-order valence-corrected chi connectivity index (χ1v) is 23.4. The lowest BCUT2D eigenvalue weighted by Crippen LogP contribution is -2.48. The molecular formula is C39H41I3NO8S-. The predicted molar refractivity (Wildman–Crippen MR) is 215 cm³/mol. The van der Waals surface area contributed by atoms with E-state index in [0.717, 1.165) is 62.1 Å². The average molecular weight is 1060 g/mol. The number of likely N-dealkylation sites (tertiary alicyclic amines) is 1. The maximum atomic E-state index is 14.5. The average Bonchev–Trinajstić information content (AvgIpc) is 3.94. The van der Waals surface area contributed by atoms with Crippen molar-refractivity contribution in [1.29, 1.82) is 0 Å². The summed E-state index contributed by atoms with van der Waals surface area (Å²) in [6.45, 7) is 3.90. The maximum Gasteiger partial charge on any atom is 0.339 e. The van der Waals surface area contributed by atoms with Crippen LogP contribution < -0.4 is 4.74 Å². The van der Waals surface area contributed by atoms with Crippen LogP contribution in [0.4, 0.5) is 0 Å². The number of nitrogens with zero attached hydrogens (tertiary/aromatic N) is 1. The van der Waals surface area contributed by atoms with Crippen LogP contribution >= 0.6 is 67.8 Å². The minimum atomic E-state index is -4.81.